The van der Waals surface area contributed by atoms with Crippen molar-refractivity contribution in [2.75, 3.05) is 18.5 Å². The molecule has 5 heteroatoms. The number of halogens is 1. The van der Waals surface area contributed by atoms with Crippen LogP contribution in [0.4, 0.5) is 5.82 Å². The average Bonchev–Trinajstić information content (AvgIpc) is 2.99. The Labute approximate surface area is 161 Å². The first-order valence-corrected chi connectivity index (χ1v) is 9.45. The van der Waals surface area contributed by atoms with Gasteiger partial charge in [0.1, 0.15) is 5.82 Å². The molecule has 0 saturated carbocycles. The fourth-order valence-electron chi connectivity index (χ4n) is 3.35. The fourth-order valence-corrected chi connectivity index (χ4v) is 3.71. The van der Waals surface area contributed by atoms with E-state index in [4.69, 9.17) is 4.98 Å². The van der Waals surface area contributed by atoms with Gasteiger partial charge in [0.2, 0.25) is 0 Å². The SMILES string of the molecule is [CH2]CCN(C)c1nc(Cc2cccnc2)cc2[nH]c3cc(Br)ccc3c12. The summed E-state index contributed by atoms with van der Waals surface area (Å²) in [7, 11) is 2.08. The second-order valence-electron chi connectivity index (χ2n) is 6.49. The van der Waals surface area contributed by atoms with Crippen LogP contribution in [-0.4, -0.2) is 28.5 Å². The highest BCUT2D eigenvalue weighted by Gasteiger charge is 2.15. The Morgan fingerprint density at radius 3 is 2.85 bits per heavy atom. The number of hydrogen-bond acceptors (Lipinski definition) is 3. The van der Waals surface area contributed by atoms with Crippen molar-refractivity contribution in [2.24, 2.45) is 0 Å². The van der Waals surface area contributed by atoms with Crippen LogP contribution in [0.2, 0.25) is 0 Å². The lowest BCUT2D eigenvalue weighted by Gasteiger charge is -2.19. The maximum atomic E-state index is 5.00. The molecule has 0 aliphatic carbocycles. The number of hydrogen-bond donors (Lipinski definition) is 1. The molecule has 1 radical (unpaired) electrons. The first-order chi connectivity index (χ1) is 12.7. The van der Waals surface area contributed by atoms with Gasteiger partial charge in [0, 0.05) is 58.9 Å². The summed E-state index contributed by atoms with van der Waals surface area (Å²) in [6.45, 7) is 4.85. The van der Waals surface area contributed by atoms with Crippen LogP contribution in [0.1, 0.15) is 17.7 Å². The van der Waals surface area contributed by atoms with Gasteiger partial charge in [-0.1, -0.05) is 35.0 Å². The molecule has 131 valence electrons. The molecule has 26 heavy (non-hydrogen) atoms. The highest BCUT2D eigenvalue weighted by Crippen LogP contribution is 2.34. The summed E-state index contributed by atoms with van der Waals surface area (Å²) in [5, 5.41) is 2.35. The van der Waals surface area contributed by atoms with Crippen LogP contribution in [0.3, 0.4) is 0 Å². The lowest BCUT2D eigenvalue weighted by Crippen LogP contribution is -2.20. The number of anilines is 1. The number of aromatic nitrogens is 3. The number of benzene rings is 1. The van der Waals surface area contributed by atoms with Gasteiger partial charge < -0.3 is 9.88 Å². The zero-order chi connectivity index (χ0) is 18.1. The molecular weight excluding hydrogens is 388 g/mol. The van der Waals surface area contributed by atoms with Crippen molar-refractivity contribution < 1.29 is 0 Å². The molecule has 1 aromatic carbocycles. The molecule has 0 atom stereocenters. The van der Waals surface area contributed by atoms with E-state index in [1.165, 1.54) is 10.8 Å². The minimum absolute atomic E-state index is 0.758. The predicted molar refractivity (Wildman–Crippen MR) is 112 cm³/mol. The van der Waals surface area contributed by atoms with E-state index in [0.29, 0.717) is 0 Å². The fraction of sp³-hybridized carbons (Fsp3) is 0.190. The molecule has 4 aromatic rings. The van der Waals surface area contributed by atoms with Gasteiger partial charge >= 0.3 is 0 Å². The van der Waals surface area contributed by atoms with E-state index in [-0.39, 0.29) is 0 Å². The van der Waals surface area contributed by atoms with Crippen molar-refractivity contribution >= 4 is 43.6 Å². The molecule has 0 amide bonds. The van der Waals surface area contributed by atoms with Gasteiger partial charge in [0.15, 0.2) is 0 Å². The number of aromatic amines is 1. The Kier molecular flexibility index (Phi) is 4.64. The van der Waals surface area contributed by atoms with Gasteiger partial charge in [-0.3, -0.25) is 4.98 Å². The standard InChI is InChI=1S/C21H20BrN4/c1-3-9-26(2)21-20-17-7-6-15(22)11-18(17)25-19(20)12-16(24-21)10-14-5-4-8-23-13-14/h4-8,11-13,25H,1,3,9-10H2,2H3. The molecule has 4 rings (SSSR count). The number of nitrogens with one attached hydrogen (secondary N) is 1. The normalized spacial score (nSPS) is 11.3. The first-order valence-electron chi connectivity index (χ1n) is 8.66. The summed E-state index contributed by atoms with van der Waals surface area (Å²) in [5.41, 5.74) is 4.41. The minimum atomic E-state index is 0.758. The number of nitrogens with zero attached hydrogens (tertiary/aromatic N) is 3. The predicted octanol–water partition coefficient (Wildman–Crippen LogP) is 5.12. The molecule has 0 unspecified atom stereocenters. The van der Waals surface area contributed by atoms with Gasteiger partial charge in [-0.25, -0.2) is 4.98 Å². The summed E-state index contributed by atoms with van der Waals surface area (Å²) in [6.07, 6.45) is 5.28. The van der Waals surface area contributed by atoms with E-state index in [1.54, 1.807) is 6.20 Å². The number of pyridine rings is 2. The van der Waals surface area contributed by atoms with E-state index in [9.17, 15) is 0 Å². The smallest absolute Gasteiger partial charge is 0.138 e. The topological polar surface area (TPSA) is 44.8 Å². The number of rotatable bonds is 5. The summed E-state index contributed by atoms with van der Waals surface area (Å²) in [5.74, 6) is 0.999. The molecule has 3 aromatic heterocycles. The highest BCUT2D eigenvalue weighted by molar-refractivity contribution is 9.10. The van der Waals surface area contributed by atoms with Crippen LogP contribution < -0.4 is 4.90 Å². The van der Waals surface area contributed by atoms with E-state index >= 15 is 0 Å². The molecular formula is C21H20BrN4. The van der Waals surface area contributed by atoms with Crippen LogP contribution in [-0.2, 0) is 6.42 Å². The Morgan fingerprint density at radius 1 is 1.19 bits per heavy atom. The van der Waals surface area contributed by atoms with E-state index < -0.39 is 0 Å². The Morgan fingerprint density at radius 2 is 2.08 bits per heavy atom. The third-order valence-corrected chi connectivity index (χ3v) is 5.03. The monoisotopic (exact) mass is 407 g/mol. The maximum absolute atomic E-state index is 5.00. The molecule has 0 aliphatic heterocycles. The zero-order valence-corrected chi connectivity index (χ0v) is 16.3. The van der Waals surface area contributed by atoms with Crippen molar-refractivity contribution in [3.05, 3.63) is 71.4 Å². The van der Waals surface area contributed by atoms with Crippen molar-refractivity contribution in [3.63, 3.8) is 0 Å². The van der Waals surface area contributed by atoms with Crippen LogP contribution in [0.5, 0.6) is 0 Å². The maximum Gasteiger partial charge on any atom is 0.138 e. The van der Waals surface area contributed by atoms with Crippen LogP contribution in [0.25, 0.3) is 21.8 Å². The highest BCUT2D eigenvalue weighted by atomic mass is 79.9. The van der Waals surface area contributed by atoms with Gasteiger partial charge in [-0.2, -0.15) is 0 Å². The summed E-state index contributed by atoms with van der Waals surface area (Å²) in [4.78, 5) is 15.0. The Balaban J connectivity index is 1.91. The molecule has 0 saturated heterocycles. The van der Waals surface area contributed by atoms with Crippen molar-refractivity contribution in [2.45, 2.75) is 12.8 Å². The summed E-state index contributed by atoms with van der Waals surface area (Å²) in [6, 6.07) is 12.5. The third-order valence-electron chi connectivity index (χ3n) is 4.54. The van der Waals surface area contributed by atoms with Gasteiger partial charge in [0.05, 0.1) is 5.52 Å². The van der Waals surface area contributed by atoms with Crippen molar-refractivity contribution in [1.82, 2.24) is 15.0 Å². The quantitative estimate of drug-likeness (QED) is 0.498. The summed E-state index contributed by atoms with van der Waals surface area (Å²) >= 11 is 3.56. The molecule has 0 bridgehead atoms. The third kappa shape index (κ3) is 3.19. The van der Waals surface area contributed by atoms with Crippen molar-refractivity contribution in [1.29, 1.82) is 0 Å². The second-order valence-corrected chi connectivity index (χ2v) is 7.40. The second kappa shape index (κ2) is 7.08. The Hall–Kier alpha value is -2.40. The van der Waals surface area contributed by atoms with E-state index in [0.717, 1.165) is 52.0 Å². The summed E-state index contributed by atoms with van der Waals surface area (Å²) < 4.78 is 1.06. The van der Waals surface area contributed by atoms with Gasteiger partial charge in [-0.15, -0.1) is 0 Å². The van der Waals surface area contributed by atoms with E-state index in [2.05, 4.69) is 75.1 Å². The minimum Gasteiger partial charge on any atom is -0.359 e. The number of fused-ring (bicyclic) bond motifs is 3. The molecule has 3 heterocycles. The zero-order valence-electron chi connectivity index (χ0n) is 14.7. The first kappa shape index (κ1) is 17.0. The lowest BCUT2D eigenvalue weighted by molar-refractivity contribution is 0.875. The van der Waals surface area contributed by atoms with E-state index in [1.807, 2.05) is 12.3 Å². The van der Waals surface area contributed by atoms with Crippen LogP contribution in [0.15, 0.2) is 53.3 Å². The van der Waals surface area contributed by atoms with Gasteiger partial charge in [-0.05, 0) is 36.2 Å². The van der Waals surface area contributed by atoms with Crippen LogP contribution >= 0.6 is 15.9 Å². The molecule has 0 fully saturated rings. The molecule has 1 N–H and O–H groups in total. The largest absolute Gasteiger partial charge is 0.359 e. The average molecular weight is 408 g/mol. The number of H-pyrrole nitrogens is 1. The molecule has 4 nitrogen and oxygen atoms in total. The molecule has 0 aliphatic rings. The van der Waals surface area contributed by atoms with Crippen LogP contribution in [0, 0.1) is 6.92 Å². The van der Waals surface area contributed by atoms with Crippen molar-refractivity contribution in [3.8, 4) is 0 Å². The Bertz CT molecular complexity index is 1060. The lowest BCUT2D eigenvalue weighted by atomic mass is 10.1. The molecule has 0 spiro atoms. The van der Waals surface area contributed by atoms with Gasteiger partial charge in [0.25, 0.3) is 0 Å².